The zero-order valence-corrected chi connectivity index (χ0v) is 11.7. The van der Waals surface area contributed by atoms with Crippen LogP contribution in [0.25, 0.3) is 0 Å². The molecule has 1 saturated heterocycles. The number of aliphatic hydroxyl groups excluding tert-OH is 1. The van der Waals surface area contributed by atoms with Gasteiger partial charge in [0.25, 0.3) is 0 Å². The molecule has 1 aliphatic heterocycles. The number of unbranched alkanes of at least 4 members (excludes halogenated alkanes) is 1. The smallest absolute Gasteiger partial charge is 0.216 e. The predicted octanol–water partition coefficient (Wildman–Crippen LogP) is 3.12. The summed E-state index contributed by atoms with van der Waals surface area (Å²) in [7, 11) is 0. The molecule has 0 radical (unpaired) electrons. The van der Waals surface area contributed by atoms with Crippen LogP contribution < -0.4 is 0 Å². The van der Waals surface area contributed by atoms with Crippen molar-refractivity contribution < 1.29 is 9.84 Å². The molecule has 1 atom stereocenters. The summed E-state index contributed by atoms with van der Waals surface area (Å²) in [5.74, 6) is 0. The van der Waals surface area contributed by atoms with Crippen LogP contribution in [0.2, 0.25) is 0 Å². The zero-order chi connectivity index (χ0) is 12.7. The summed E-state index contributed by atoms with van der Waals surface area (Å²) in [4.78, 5) is 2.05. The molecule has 0 spiro atoms. The molecule has 1 N–H and O–H groups in total. The number of likely N-dealkylation sites (tertiary alicyclic amines) is 1. The van der Waals surface area contributed by atoms with Crippen LogP contribution in [0.1, 0.15) is 65.7 Å². The number of nitrogens with zero attached hydrogens (tertiary/aromatic N) is 1. The maximum Gasteiger partial charge on any atom is 0.216 e. The second-order valence-electron chi connectivity index (χ2n) is 5.18. The molecule has 1 heterocycles. The van der Waals surface area contributed by atoms with Crippen LogP contribution in [-0.2, 0) is 4.74 Å². The summed E-state index contributed by atoms with van der Waals surface area (Å²) < 4.78 is 6.00. The van der Waals surface area contributed by atoms with Crippen LogP contribution >= 0.6 is 0 Å². The Labute approximate surface area is 106 Å². The minimum Gasteiger partial charge on any atom is -0.356 e. The average Bonchev–Trinajstić information content (AvgIpc) is 2.88. The van der Waals surface area contributed by atoms with Crippen molar-refractivity contribution in [3.8, 4) is 0 Å². The Bertz CT molecular complexity index is 198. The fourth-order valence-electron chi connectivity index (χ4n) is 2.59. The Hall–Kier alpha value is -0.120. The molecule has 0 aromatic carbocycles. The summed E-state index contributed by atoms with van der Waals surface area (Å²) >= 11 is 0. The van der Waals surface area contributed by atoms with Gasteiger partial charge in [0, 0.05) is 13.1 Å². The minimum absolute atomic E-state index is 0.127. The molecule has 0 bridgehead atoms. The topological polar surface area (TPSA) is 32.7 Å². The molecule has 3 heteroatoms. The van der Waals surface area contributed by atoms with E-state index < -0.39 is 6.41 Å². The SMILES string of the molecule is CCCCC(CC)(CC)OC(O)N1CCCC1. The Morgan fingerprint density at radius 1 is 1.18 bits per heavy atom. The van der Waals surface area contributed by atoms with E-state index in [-0.39, 0.29) is 5.60 Å². The largest absolute Gasteiger partial charge is 0.356 e. The first-order chi connectivity index (χ1) is 8.17. The van der Waals surface area contributed by atoms with Gasteiger partial charge in [-0.2, -0.15) is 0 Å². The van der Waals surface area contributed by atoms with Crippen molar-refractivity contribution in [3.63, 3.8) is 0 Å². The zero-order valence-electron chi connectivity index (χ0n) is 11.7. The normalized spacial score (nSPS) is 19.8. The van der Waals surface area contributed by atoms with Gasteiger partial charge in [0.15, 0.2) is 0 Å². The summed E-state index contributed by atoms with van der Waals surface area (Å²) in [6, 6.07) is 0. The third-order valence-electron chi connectivity index (χ3n) is 4.08. The molecule has 0 amide bonds. The molecule has 102 valence electrons. The Balaban J connectivity index is 2.51. The second kappa shape index (κ2) is 7.34. The van der Waals surface area contributed by atoms with Crippen molar-refractivity contribution in [2.45, 2.75) is 77.7 Å². The number of aliphatic hydroxyl groups is 1. The monoisotopic (exact) mass is 243 g/mol. The van der Waals surface area contributed by atoms with E-state index in [1.165, 1.54) is 25.7 Å². The molecule has 1 fully saturated rings. The van der Waals surface area contributed by atoms with Crippen LogP contribution in [0.5, 0.6) is 0 Å². The number of hydrogen-bond donors (Lipinski definition) is 1. The van der Waals surface area contributed by atoms with E-state index in [1.807, 2.05) is 4.90 Å². The third kappa shape index (κ3) is 4.23. The van der Waals surface area contributed by atoms with Crippen molar-refractivity contribution in [2.24, 2.45) is 0 Å². The average molecular weight is 243 g/mol. The van der Waals surface area contributed by atoms with Crippen molar-refractivity contribution in [2.75, 3.05) is 13.1 Å². The second-order valence-corrected chi connectivity index (χ2v) is 5.18. The highest BCUT2D eigenvalue weighted by Crippen LogP contribution is 2.29. The van der Waals surface area contributed by atoms with Crippen molar-refractivity contribution in [3.05, 3.63) is 0 Å². The summed E-state index contributed by atoms with van der Waals surface area (Å²) in [5, 5.41) is 10.1. The van der Waals surface area contributed by atoms with Crippen LogP contribution in [0, 0.1) is 0 Å². The molecule has 0 aliphatic carbocycles. The van der Waals surface area contributed by atoms with Gasteiger partial charge >= 0.3 is 0 Å². The lowest BCUT2D eigenvalue weighted by Crippen LogP contribution is -2.43. The van der Waals surface area contributed by atoms with Gasteiger partial charge in [-0.3, -0.25) is 4.90 Å². The summed E-state index contributed by atoms with van der Waals surface area (Å²) in [6.45, 7) is 8.47. The van der Waals surface area contributed by atoms with Gasteiger partial charge in [0.05, 0.1) is 5.60 Å². The van der Waals surface area contributed by atoms with Crippen LogP contribution in [0.3, 0.4) is 0 Å². The van der Waals surface area contributed by atoms with Crippen LogP contribution in [0.15, 0.2) is 0 Å². The highest BCUT2D eigenvalue weighted by molar-refractivity contribution is 4.79. The van der Waals surface area contributed by atoms with E-state index in [9.17, 15) is 5.11 Å². The van der Waals surface area contributed by atoms with E-state index in [0.29, 0.717) is 0 Å². The van der Waals surface area contributed by atoms with Gasteiger partial charge in [-0.1, -0.05) is 33.6 Å². The molecule has 0 aromatic heterocycles. The highest BCUT2D eigenvalue weighted by Gasteiger charge is 2.32. The standard InChI is InChI=1S/C14H29NO2/c1-4-7-10-14(5-2,6-3)17-13(16)15-11-8-9-12-15/h13,16H,4-12H2,1-3H3. The fraction of sp³-hybridized carbons (Fsp3) is 1.00. The lowest BCUT2D eigenvalue weighted by molar-refractivity contribution is -0.252. The predicted molar refractivity (Wildman–Crippen MR) is 70.7 cm³/mol. The first kappa shape index (κ1) is 14.9. The van der Waals surface area contributed by atoms with E-state index in [1.54, 1.807) is 0 Å². The van der Waals surface area contributed by atoms with Gasteiger partial charge in [0.1, 0.15) is 0 Å². The number of rotatable bonds is 8. The van der Waals surface area contributed by atoms with E-state index in [4.69, 9.17) is 4.74 Å². The Morgan fingerprint density at radius 3 is 2.24 bits per heavy atom. The minimum atomic E-state index is -0.700. The first-order valence-electron chi connectivity index (χ1n) is 7.27. The fourth-order valence-corrected chi connectivity index (χ4v) is 2.59. The van der Waals surface area contributed by atoms with Crippen LogP contribution in [-0.4, -0.2) is 35.1 Å². The third-order valence-corrected chi connectivity index (χ3v) is 4.08. The molecule has 17 heavy (non-hydrogen) atoms. The highest BCUT2D eigenvalue weighted by atomic mass is 16.6. The van der Waals surface area contributed by atoms with Crippen molar-refractivity contribution >= 4 is 0 Å². The van der Waals surface area contributed by atoms with Gasteiger partial charge in [0.2, 0.25) is 6.41 Å². The van der Waals surface area contributed by atoms with Gasteiger partial charge in [-0.15, -0.1) is 0 Å². The Kier molecular flexibility index (Phi) is 6.45. The lowest BCUT2D eigenvalue weighted by atomic mass is 9.91. The van der Waals surface area contributed by atoms with Crippen molar-refractivity contribution in [1.29, 1.82) is 0 Å². The molecule has 1 unspecified atom stereocenters. The number of ether oxygens (including phenoxy) is 1. The molecule has 1 aliphatic rings. The van der Waals surface area contributed by atoms with Gasteiger partial charge < -0.3 is 9.84 Å². The number of hydrogen-bond acceptors (Lipinski definition) is 3. The summed E-state index contributed by atoms with van der Waals surface area (Å²) in [6.07, 6.45) is 7.04. The molecule has 1 rings (SSSR count). The quantitative estimate of drug-likeness (QED) is 0.665. The maximum absolute atomic E-state index is 10.1. The molecular weight excluding hydrogens is 214 g/mol. The summed E-state index contributed by atoms with van der Waals surface area (Å²) in [5.41, 5.74) is -0.127. The molecule has 0 saturated carbocycles. The van der Waals surface area contributed by atoms with Crippen molar-refractivity contribution in [1.82, 2.24) is 4.90 Å². The molecule has 3 nitrogen and oxygen atoms in total. The van der Waals surface area contributed by atoms with E-state index in [0.717, 1.165) is 32.4 Å². The molecule has 0 aromatic rings. The lowest BCUT2D eigenvalue weighted by Gasteiger charge is -2.37. The maximum atomic E-state index is 10.1. The van der Waals surface area contributed by atoms with E-state index in [2.05, 4.69) is 20.8 Å². The van der Waals surface area contributed by atoms with Crippen LogP contribution in [0.4, 0.5) is 0 Å². The molecular formula is C14H29NO2. The Morgan fingerprint density at radius 2 is 1.76 bits per heavy atom. The van der Waals surface area contributed by atoms with E-state index >= 15 is 0 Å². The first-order valence-corrected chi connectivity index (χ1v) is 7.27. The van der Waals surface area contributed by atoms with Gasteiger partial charge in [-0.25, -0.2) is 0 Å². The van der Waals surface area contributed by atoms with Gasteiger partial charge in [-0.05, 0) is 32.1 Å².